The number of benzene rings is 2. The van der Waals surface area contributed by atoms with Crippen LogP contribution in [0.1, 0.15) is 16.1 Å². The van der Waals surface area contributed by atoms with Crippen molar-refractivity contribution in [2.24, 2.45) is 0 Å². The summed E-state index contributed by atoms with van der Waals surface area (Å²) in [5.41, 5.74) is 2.26. The lowest BCUT2D eigenvalue weighted by atomic mass is 10.1. The van der Waals surface area contributed by atoms with Crippen molar-refractivity contribution in [1.29, 1.82) is 0 Å². The molecule has 0 radical (unpaired) electrons. The summed E-state index contributed by atoms with van der Waals surface area (Å²) < 4.78 is 26.0. The first-order chi connectivity index (χ1) is 11.5. The fourth-order valence-electron chi connectivity index (χ4n) is 2.10. The Hall–Kier alpha value is -2.79. The molecule has 3 aromatic rings. The predicted molar refractivity (Wildman–Crippen MR) is 88.8 cm³/mol. The van der Waals surface area contributed by atoms with E-state index in [1.54, 1.807) is 18.2 Å². The molecule has 0 saturated heterocycles. The van der Waals surface area contributed by atoms with Gasteiger partial charge in [-0.15, -0.1) is 0 Å². The van der Waals surface area contributed by atoms with Gasteiger partial charge in [-0.25, -0.2) is 8.78 Å². The van der Waals surface area contributed by atoms with Crippen LogP contribution in [0.4, 0.5) is 8.78 Å². The third kappa shape index (κ3) is 3.58. The maximum atomic E-state index is 13.1. The summed E-state index contributed by atoms with van der Waals surface area (Å²) in [5.74, 6) is -2.48. The first-order valence-corrected chi connectivity index (χ1v) is 7.39. The molecule has 2 aromatic carbocycles. The van der Waals surface area contributed by atoms with Crippen LogP contribution >= 0.6 is 11.6 Å². The molecule has 0 amide bonds. The van der Waals surface area contributed by atoms with Crippen LogP contribution in [0.25, 0.3) is 17.3 Å². The van der Waals surface area contributed by atoms with Crippen LogP contribution in [0, 0.1) is 11.6 Å². The fourth-order valence-corrected chi connectivity index (χ4v) is 2.23. The number of aromatic amines is 1. The molecule has 0 aliphatic rings. The highest BCUT2D eigenvalue weighted by atomic mass is 35.5. The van der Waals surface area contributed by atoms with Crippen molar-refractivity contribution >= 4 is 23.5 Å². The smallest absolute Gasteiger partial charge is 0.186 e. The van der Waals surface area contributed by atoms with E-state index in [1.807, 2.05) is 12.1 Å². The minimum Gasteiger partial charge on any atom is -0.289 e. The third-order valence-electron chi connectivity index (χ3n) is 3.36. The molecule has 0 spiro atoms. The Labute approximate surface area is 141 Å². The van der Waals surface area contributed by atoms with Gasteiger partial charge in [-0.3, -0.25) is 9.89 Å². The van der Waals surface area contributed by atoms with Gasteiger partial charge in [-0.1, -0.05) is 23.7 Å². The number of nitrogens with zero attached hydrogens (tertiary/aromatic N) is 1. The predicted octanol–water partition coefficient (Wildman–Crippen LogP) is 4.90. The molecule has 0 aliphatic heterocycles. The minimum atomic E-state index is -1.05. The van der Waals surface area contributed by atoms with E-state index in [0.717, 1.165) is 17.7 Å². The molecular weight excluding hydrogens is 334 g/mol. The number of rotatable bonds is 4. The second-order valence-corrected chi connectivity index (χ2v) is 5.48. The van der Waals surface area contributed by atoms with Crippen LogP contribution < -0.4 is 0 Å². The van der Waals surface area contributed by atoms with Crippen molar-refractivity contribution < 1.29 is 13.6 Å². The number of hydrogen-bond acceptors (Lipinski definition) is 2. The quantitative estimate of drug-likeness (QED) is 0.540. The molecular formula is C18H11ClF2N2O. The number of H-pyrrole nitrogens is 1. The zero-order valence-electron chi connectivity index (χ0n) is 12.3. The maximum Gasteiger partial charge on any atom is 0.186 e. The molecule has 0 atom stereocenters. The van der Waals surface area contributed by atoms with Crippen molar-refractivity contribution in [3.63, 3.8) is 0 Å². The number of ketones is 1. The van der Waals surface area contributed by atoms with Gasteiger partial charge in [0.15, 0.2) is 17.4 Å². The Morgan fingerprint density at radius 2 is 1.79 bits per heavy atom. The monoisotopic (exact) mass is 344 g/mol. The average molecular weight is 345 g/mol. The Balaban J connectivity index is 1.76. The van der Waals surface area contributed by atoms with E-state index in [-0.39, 0.29) is 5.56 Å². The van der Waals surface area contributed by atoms with Crippen molar-refractivity contribution in [2.45, 2.75) is 0 Å². The Bertz CT molecular complexity index is 917. The van der Waals surface area contributed by atoms with Gasteiger partial charge in [0.25, 0.3) is 0 Å². The van der Waals surface area contributed by atoms with E-state index in [2.05, 4.69) is 10.2 Å². The van der Waals surface area contributed by atoms with E-state index >= 15 is 0 Å². The molecule has 0 fully saturated rings. The molecule has 3 nitrogen and oxygen atoms in total. The lowest BCUT2D eigenvalue weighted by molar-refractivity contribution is 0.104. The molecule has 0 aliphatic carbocycles. The Morgan fingerprint density at radius 1 is 1.04 bits per heavy atom. The highest BCUT2D eigenvalue weighted by Gasteiger charge is 2.08. The summed E-state index contributed by atoms with van der Waals surface area (Å²) in [6.07, 6.45) is 2.79. The summed E-state index contributed by atoms with van der Waals surface area (Å²) >= 11 is 5.84. The SMILES string of the molecule is O=C(C=Cc1cc(-c2ccc(Cl)cc2)n[nH]1)c1ccc(F)c(F)c1. The molecule has 3 rings (SSSR count). The van der Waals surface area contributed by atoms with Crippen molar-refractivity contribution in [2.75, 3.05) is 0 Å². The van der Waals surface area contributed by atoms with Crippen LogP contribution in [0.2, 0.25) is 5.02 Å². The number of carbonyl (C=O) groups is 1. The molecule has 0 saturated carbocycles. The third-order valence-corrected chi connectivity index (χ3v) is 3.61. The Kier molecular flexibility index (Phi) is 4.53. The first-order valence-electron chi connectivity index (χ1n) is 7.02. The summed E-state index contributed by atoms with van der Waals surface area (Å²) in [6, 6.07) is 12.0. The zero-order valence-corrected chi connectivity index (χ0v) is 13.0. The summed E-state index contributed by atoms with van der Waals surface area (Å²) in [6.45, 7) is 0. The van der Waals surface area contributed by atoms with E-state index in [4.69, 9.17) is 11.6 Å². The van der Waals surface area contributed by atoms with Gasteiger partial charge >= 0.3 is 0 Å². The molecule has 1 N–H and O–H groups in total. The highest BCUT2D eigenvalue weighted by molar-refractivity contribution is 6.30. The molecule has 24 heavy (non-hydrogen) atoms. The number of hydrogen-bond donors (Lipinski definition) is 1. The highest BCUT2D eigenvalue weighted by Crippen LogP contribution is 2.20. The molecule has 1 heterocycles. The number of halogens is 3. The van der Waals surface area contributed by atoms with Crippen LogP contribution in [0.15, 0.2) is 54.6 Å². The molecule has 120 valence electrons. The summed E-state index contributed by atoms with van der Waals surface area (Å²) in [4.78, 5) is 12.0. The molecule has 0 bridgehead atoms. The average Bonchev–Trinajstić information content (AvgIpc) is 3.05. The van der Waals surface area contributed by atoms with Gasteiger partial charge in [0.2, 0.25) is 0 Å². The van der Waals surface area contributed by atoms with Crippen molar-refractivity contribution in [3.05, 3.63) is 82.5 Å². The van der Waals surface area contributed by atoms with Crippen LogP contribution in [0.3, 0.4) is 0 Å². The number of nitrogens with one attached hydrogen (secondary N) is 1. The van der Waals surface area contributed by atoms with Crippen LogP contribution in [-0.2, 0) is 0 Å². The van der Waals surface area contributed by atoms with Crippen LogP contribution in [-0.4, -0.2) is 16.0 Å². The topological polar surface area (TPSA) is 45.8 Å². The lowest BCUT2D eigenvalue weighted by Crippen LogP contribution is -1.96. The minimum absolute atomic E-state index is 0.0718. The zero-order chi connectivity index (χ0) is 17.1. The number of allylic oxidation sites excluding steroid dienone is 1. The van der Waals surface area contributed by atoms with Crippen LogP contribution in [0.5, 0.6) is 0 Å². The molecule has 0 unspecified atom stereocenters. The van der Waals surface area contributed by atoms with E-state index in [0.29, 0.717) is 16.4 Å². The second-order valence-electron chi connectivity index (χ2n) is 5.04. The van der Waals surface area contributed by atoms with Gasteiger partial charge in [0.05, 0.1) is 11.4 Å². The van der Waals surface area contributed by atoms with Crippen molar-refractivity contribution in [1.82, 2.24) is 10.2 Å². The first kappa shape index (κ1) is 16.1. The normalized spacial score (nSPS) is 11.1. The standard InChI is InChI=1S/C18H11ClF2N2O/c19-13-4-1-11(2-5-13)17-10-14(22-23-17)6-8-18(24)12-3-7-15(20)16(21)9-12/h1-10H,(H,22,23). The fraction of sp³-hybridized carbons (Fsp3) is 0. The molecule has 1 aromatic heterocycles. The Morgan fingerprint density at radius 3 is 2.50 bits per heavy atom. The van der Waals surface area contributed by atoms with E-state index in [9.17, 15) is 13.6 Å². The van der Waals surface area contributed by atoms with Gasteiger partial charge < -0.3 is 0 Å². The molecule has 6 heteroatoms. The van der Waals surface area contributed by atoms with Crippen molar-refractivity contribution in [3.8, 4) is 11.3 Å². The lowest BCUT2D eigenvalue weighted by Gasteiger charge is -1.97. The number of aromatic nitrogens is 2. The van der Waals surface area contributed by atoms with Gasteiger partial charge in [-0.2, -0.15) is 5.10 Å². The maximum absolute atomic E-state index is 13.1. The summed E-state index contributed by atoms with van der Waals surface area (Å²) in [5, 5.41) is 7.57. The largest absolute Gasteiger partial charge is 0.289 e. The van der Waals surface area contributed by atoms with E-state index in [1.165, 1.54) is 18.2 Å². The number of carbonyl (C=O) groups excluding carboxylic acids is 1. The van der Waals surface area contributed by atoms with Gasteiger partial charge in [0, 0.05) is 16.1 Å². The van der Waals surface area contributed by atoms with Gasteiger partial charge in [0.1, 0.15) is 0 Å². The van der Waals surface area contributed by atoms with E-state index < -0.39 is 17.4 Å². The second kappa shape index (κ2) is 6.76. The summed E-state index contributed by atoms with van der Waals surface area (Å²) in [7, 11) is 0. The van der Waals surface area contributed by atoms with Gasteiger partial charge in [-0.05, 0) is 48.6 Å².